The number of rotatable bonds is 18. The Morgan fingerprint density at radius 2 is 0.750 bits per heavy atom. The number of pyridine rings is 2. The van der Waals surface area contributed by atoms with Crippen molar-refractivity contribution in [2.75, 3.05) is 0 Å². The van der Waals surface area contributed by atoms with Crippen molar-refractivity contribution < 1.29 is 0 Å². The smallest absolute Gasteiger partial charge is 0.197 e. The lowest BCUT2D eigenvalue weighted by Gasteiger charge is -2.19. The van der Waals surface area contributed by atoms with E-state index in [1.165, 1.54) is 89.9 Å². The summed E-state index contributed by atoms with van der Waals surface area (Å²) in [5.74, 6) is 0. The van der Waals surface area contributed by atoms with Gasteiger partial charge in [0.25, 0.3) is 0 Å². The minimum Gasteiger partial charge on any atom is -0.340 e. The number of fused-ring (bicyclic) bond motifs is 4. The number of para-hydroxylation sites is 2. The van der Waals surface area contributed by atoms with Crippen LogP contribution in [0, 0.1) is 0 Å². The van der Waals surface area contributed by atoms with Crippen molar-refractivity contribution in [2.24, 2.45) is 0 Å². The van der Waals surface area contributed by atoms with Crippen molar-refractivity contribution >= 4 is 43.6 Å². The molecule has 0 unspecified atom stereocenters. The largest absolute Gasteiger partial charge is 0.340 e. The molecule has 0 aliphatic heterocycles. The number of nitrogens with zero attached hydrogens (tertiary/aromatic N) is 2. The third-order valence-corrected chi connectivity index (χ3v) is 9.53. The van der Waals surface area contributed by atoms with Gasteiger partial charge in [0.1, 0.15) is 0 Å². The zero-order valence-corrected chi connectivity index (χ0v) is 27.2. The first-order valence-corrected chi connectivity index (χ1v) is 17.7. The summed E-state index contributed by atoms with van der Waals surface area (Å²) in [7, 11) is 0. The van der Waals surface area contributed by atoms with Crippen LogP contribution in [0.4, 0.5) is 0 Å². The Morgan fingerprint density at radius 1 is 0.409 bits per heavy atom. The molecule has 0 N–H and O–H groups in total. The van der Waals surface area contributed by atoms with Crippen molar-refractivity contribution in [1.82, 2.24) is 9.13 Å². The average Bonchev–Trinajstić information content (AvgIpc) is 3.05. The lowest BCUT2D eigenvalue weighted by molar-refractivity contribution is 0.552. The lowest BCUT2D eigenvalue weighted by atomic mass is 10.0. The molecule has 0 saturated heterocycles. The van der Waals surface area contributed by atoms with E-state index in [-0.39, 0.29) is 10.9 Å². The number of aromatic nitrogens is 2. The van der Waals surface area contributed by atoms with Crippen LogP contribution in [0.5, 0.6) is 0 Å². The van der Waals surface area contributed by atoms with Gasteiger partial charge in [-0.15, -0.1) is 0 Å². The maximum atomic E-state index is 14.0. The third kappa shape index (κ3) is 7.28. The normalized spacial score (nSPS) is 11.9. The quantitative estimate of drug-likeness (QED) is 0.0750. The summed E-state index contributed by atoms with van der Waals surface area (Å²) >= 11 is 0. The van der Waals surface area contributed by atoms with Gasteiger partial charge in [-0.3, -0.25) is 9.59 Å². The fourth-order valence-electron chi connectivity index (χ4n) is 7.03. The molecule has 2 heterocycles. The Labute approximate surface area is 263 Å². The predicted molar refractivity (Wildman–Crippen MR) is 190 cm³/mol. The summed E-state index contributed by atoms with van der Waals surface area (Å²) < 4.78 is 4.61. The molecule has 4 nitrogen and oxygen atoms in total. The maximum absolute atomic E-state index is 14.0. The fourth-order valence-corrected chi connectivity index (χ4v) is 7.03. The molecule has 0 saturated carbocycles. The van der Waals surface area contributed by atoms with Crippen LogP contribution < -0.4 is 10.9 Å². The second-order valence-electron chi connectivity index (χ2n) is 12.8. The van der Waals surface area contributed by atoms with Crippen LogP contribution >= 0.6 is 0 Å². The molecule has 0 aliphatic carbocycles. The molecule has 5 aromatic rings. The van der Waals surface area contributed by atoms with E-state index in [4.69, 9.17) is 0 Å². The van der Waals surface area contributed by atoms with E-state index in [2.05, 4.69) is 35.1 Å². The zero-order chi connectivity index (χ0) is 30.7. The van der Waals surface area contributed by atoms with Gasteiger partial charge >= 0.3 is 0 Å². The fraction of sp³-hybridized carbons (Fsp3) is 0.500. The molecular weight excluding hydrogens is 540 g/mol. The van der Waals surface area contributed by atoms with Crippen LogP contribution in [0.15, 0.2) is 70.3 Å². The lowest BCUT2D eigenvalue weighted by Crippen LogP contribution is -2.16. The van der Waals surface area contributed by atoms with Crippen LogP contribution in [-0.2, 0) is 13.1 Å². The minimum absolute atomic E-state index is 0.0592. The van der Waals surface area contributed by atoms with Gasteiger partial charge in [-0.2, -0.15) is 0 Å². The predicted octanol–water partition coefficient (Wildman–Crippen LogP) is 10.9. The van der Waals surface area contributed by atoms with E-state index >= 15 is 0 Å². The van der Waals surface area contributed by atoms with Crippen molar-refractivity contribution in [3.63, 3.8) is 0 Å². The highest BCUT2D eigenvalue weighted by molar-refractivity contribution is 6.03. The van der Waals surface area contributed by atoms with Crippen LogP contribution in [0.3, 0.4) is 0 Å². The Kier molecular flexibility index (Phi) is 11.7. The molecule has 0 radical (unpaired) electrons. The molecule has 3 aromatic carbocycles. The van der Waals surface area contributed by atoms with Crippen LogP contribution in [0.1, 0.15) is 117 Å². The monoisotopic (exact) mass is 592 g/mol. The summed E-state index contributed by atoms with van der Waals surface area (Å²) in [6.07, 6.45) is 20.1. The second kappa shape index (κ2) is 16.1. The highest BCUT2D eigenvalue weighted by Gasteiger charge is 2.16. The van der Waals surface area contributed by atoms with E-state index in [0.717, 1.165) is 69.5 Å². The van der Waals surface area contributed by atoms with Gasteiger partial charge in [-0.25, -0.2) is 0 Å². The van der Waals surface area contributed by atoms with Gasteiger partial charge in [-0.1, -0.05) is 128 Å². The molecule has 0 bridgehead atoms. The number of hydrogen-bond donors (Lipinski definition) is 0. The van der Waals surface area contributed by atoms with Crippen molar-refractivity contribution in [3.05, 3.63) is 81.1 Å². The molecule has 44 heavy (non-hydrogen) atoms. The Hall–Kier alpha value is -3.40. The molecule has 4 heteroatoms. The Morgan fingerprint density at radius 3 is 1.14 bits per heavy atom. The van der Waals surface area contributed by atoms with Gasteiger partial charge in [0, 0.05) is 34.6 Å². The summed E-state index contributed by atoms with van der Waals surface area (Å²) in [4.78, 5) is 27.9. The SMILES string of the molecule is CCCCCCCCCCn1c2ccccc2c(=O)c2cc3c(cc21)c(=O)c1ccccc1n3CCCCCCCCCC. The first-order chi connectivity index (χ1) is 21.7. The summed E-state index contributed by atoms with van der Waals surface area (Å²) in [6, 6.07) is 20.1. The molecule has 0 atom stereocenters. The minimum atomic E-state index is 0.0592. The van der Waals surface area contributed by atoms with Gasteiger partial charge < -0.3 is 9.13 Å². The zero-order valence-electron chi connectivity index (χ0n) is 27.2. The molecule has 2 aromatic heterocycles. The molecule has 234 valence electrons. The van der Waals surface area contributed by atoms with Gasteiger partial charge in [0.2, 0.25) is 0 Å². The van der Waals surface area contributed by atoms with E-state index in [9.17, 15) is 9.59 Å². The van der Waals surface area contributed by atoms with E-state index in [0.29, 0.717) is 0 Å². The van der Waals surface area contributed by atoms with Crippen molar-refractivity contribution in [1.29, 1.82) is 0 Å². The highest BCUT2D eigenvalue weighted by atomic mass is 16.1. The molecule has 5 rings (SSSR count). The Bertz CT molecular complexity index is 1660. The van der Waals surface area contributed by atoms with E-state index < -0.39 is 0 Å². The van der Waals surface area contributed by atoms with Gasteiger partial charge in [-0.05, 0) is 49.2 Å². The van der Waals surface area contributed by atoms with E-state index in [1.54, 1.807) is 0 Å². The summed E-state index contributed by atoms with van der Waals surface area (Å²) in [6.45, 7) is 6.21. The first-order valence-electron chi connectivity index (χ1n) is 17.7. The Balaban J connectivity index is 1.51. The molecule has 0 amide bonds. The van der Waals surface area contributed by atoms with E-state index in [1.807, 2.05) is 48.5 Å². The van der Waals surface area contributed by atoms with Crippen LogP contribution in [0.25, 0.3) is 43.6 Å². The molecular formula is C40H52N2O2. The second-order valence-corrected chi connectivity index (χ2v) is 12.8. The topological polar surface area (TPSA) is 44.0 Å². The van der Waals surface area contributed by atoms with Crippen LogP contribution in [-0.4, -0.2) is 9.13 Å². The van der Waals surface area contributed by atoms with Crippen molar-refractivity contribution in [3.8, 4) is 0 Å². The van der Waals surface area contributed by atoms with Gasteiger partial charge in [0.05, 0.1) is 22.1 Å². The maximum Gasteiger partial charge on any atom is 0.197 e. The standard InChI is InChI=1S/C40H52N2O2/c1-3-5-7-9-11-13-15-21-27-41-35-25-19-17-23-31(35)39(43)33-30-38-34(29-37(33)41)40(44)32-24-18-20-26-36(32)42(38)28-22-16-14-12-10-8-6-4-2/h17-20,23-26,29-30H,3-16,21-22,27-28H2,1-2H3. The first kappa shape index (κ1) is 32.0. The van der Waals surface area contributed by atoms with Gasteiger partial charge in [0.15, 0.2) is 10.9 Å². The van der Waals surface area contributed by atoms with Crippen LogP contribution in [0.2, 0.25) is 0 Å². The number of unbranched alkanes of at least 4 members (excludes halogenated alkanes) is 14. The molecule has 0 spiro atoms. The number of benzene rings is 3. The molecule has 0 fully saturated rings. The molecule has 0 aliphatic rings. The van der Waals surface area contributed by atoms with Crippen molar-refractivity contribution in [2.45, 2.75) is 130 Å². The summed E-state index contributed by atoms with van der Waals surface area (Å²) in [5, 5.41) is 2.96. The summed E-state index contributed by atoms with van der Waals surface area (Å²) in [5.41, 5.74) is 3.82. The number of aryl methyl sites for hydroxylation is 2. The number of hydrogen-bond acceptors (Lipinski definition) is 2. The third-order valence-electron chi connectivity index (χ3n) is 9.53. The highest BCUT2D eigenvalue weighted by Crippen LogP contribution is 2.27. The average molecular weight is 593 g/mol.